The first-order chi connectivity index (χ1) is 8.74. The molecule has 0 aliphatic carbocycles. The van der Waals surface area contributed by atoms with Crippen LogP contribution in [0.1, 0.15) is 24.8 Å². The Morgan fingerprint density at radius 2 is 2.39 bits per heavy atom. The molecule has 0 radical (unpaired) electrons. The number of hydrogen-bond acceptors (Lipinski definition) is 7. The molecule has 2 atom stereocenters. The Kier molecular flexibility index (Phi) is 2.80. The quantitative estimate of drug-likeness (QED) is 0.899. The molecule has 3 rings (SSSR count). The molecule has 0 spiro atoms. The van der Waals surface area contributed by atoms with Crippen molar-refractivity contribution in [1.82, 2.24) is 15.1 Å². The molecule has 0 amide bonds. The molecule has 1 saturated heterocycles. The molecule has 18 heavy (non-hydrogen) atoms. The van der Waals surface area contributed by atoms with Crippen molar-refractivity contribution in [3.63, 3.8) is 0 Å². The number of carboxylic acid groups (broad SMARTS) is 1. The Bertz CT molecular complexity index is 553. The van der Waals surface area contributed by atoms with Crippen LogP contribution in [0.25, 0.3) is 10.7 Å². The molecule has 1 fully saturated rings. The van der Waals surface area contributed by atoms with Crippen LogP contribution in [0.2, 0.25) is 0 Å². The molecule has 0 aromatic carbocycles. The Morgan fingerprint density at radius 3 is 3.06 bits per heavy atom. The van der Waals surface area contributed by atoms with Gasteiger partial charge in [-0.15, -0.1) is 11.3 Å². The fraction of sp³-hybridized carbons (Fsp3) is 0.400. The lowest BCUT2D eigenvalue weighted by Crippen LogP contribution is -2.18. The number of aliphatic carboxylic acids is 1. The topological polar surface area (TPSA) is 98.3 Å². The van der Waals surface area contributed by atoms with Gasteiger partial charge in [0.25, 0.3) is 5.89 Å². The van der Waals surface area contributed by atoms with Gasteiger partial charge in [-0.2, -0.15) is 4.98 Å². The van der Waals surface area contributed by atoms with Crippen LogP contribution in [0, 0.1) is 0 Å². The Hall–Kier alpha value is -1.80. The van der Waals surface area contributed by atoms with Gasteiger partial charge < -0.3 is 14.4 Å². The molecule has 2 unspecified atom stereocenters. The Balaban J connectivity index is 1.77. The number of thiazole rings is 1. The molecular formula is C10H9N3O4S. The molecule has 1 N–H and O–H groups in total. The first-order valence-corrected chi connectivity index (χ1v) is 6.23. The van der Waals surface area contributed by atoms with Gasteiger partial charge in [-0.3, -0.25) is 4.98 Å². The summed E-state index contributed by atoms with van der Waals surface area (Å²) in [7, 11) is 0. The van der Waals surface area contributed by atoms with Gasteiger partial charge in [0, 0.05) is 6.20 Å². The molecule has 94 valence electrons. The molecule has 7 nitrogen and oxygen atoms in total. The summed E-state index contributed by atoms with van der Waals surface area (Å²) >= 11 is 1.41. The highest BCUT2D eigenvalue weighted by atomic mass is 32.1. The third-order valence-electron chi connectivity index (χ3n) is 2.66. The second-order valence-electron chi connectivity index (χ2n) is 3.85. The van der Waals surface area contributed by atoms with Crippen LogP contribution in [0.5, 0.6) is 0 Å². The van der Waals surface area contributed by atoms with Crippen LogP contribution in [0.3, 0.4) is 0 Å². The Morgan fingerprint density at radius 1 is 1.50 bits per heavy atom. The fourth-order valence-corrected chi connectivity index (χ4v) is 2.34. The van der Waals surface area contributed by atoms with Crippen molar-refractivity contribution in [2.24, 2.45) is 0 Å². The number of hydrogen-bond donors (Lipinski definition) is 1. The fourth-order valence-electron chi connectivity index (χ4n) is 1.79. The minimum atomic E-state index is -0.959. The third-order valence-corrected chi connectivity index (χ3v) is 3.43. The van der Waals surface area contributed by atoms with Crippen LogP contribution in [-0.2, 0) is 9.53 Å². The monoisotopic (exact) mass is 267 g/mol. The van der Waals surface area contributed by atoms with Crippen LogP contribution in [-0.4, -0.2) is 32.3 Å². The summed E-state index contributed by atoms with van der Waals surface area (Å²) in [6, 6.07) is 0. The maximum Gasteiger partial charge on any atom is 0.332 e. The van der Waals surface area contributed by atoms with Crippen LogP contribution in [0.4, 0.5) is 0 Å². The van der Waals surface area contributed by atoms with Gasteiger partial charge in [0.2, 0.25) is 5.82 Å². The number of nitrogens with zero attached hydrogens (tertiary/aromatic N) is 3. The van der Waals surface area contributed by atoms with E-state index in [0.29, 0.717) is 24.6 Å². The molecule has 0 bridgehead atoms. The van der Waals surface area contributed by atoms with E-state index in [0.717, 1.165) is 4.88 Å². The molecule has 2 aromatic heterocycles. The lowest BCUT2D eigenvalue weighted by Gasteiger charge is -2.05. The maximum absolute atomic E-state index is 10.8. The highest BCUT2D eigenvalue weighted by Crippen LogP contribution is 2.33. The zero-order valence-electron chi connectivity index (χ0n) is 9.15. The van der Waals surface area contributed by atoms with Gasteiger partial charge in [0.1, 0.15) is 6.10 Å². The van der Waals surface area contributed by atoms with Crippen LogP contribution in [0.15, 0.2) is 16.2 Å². The summed E-state index contributed by atoms with van der Waals surface area (Å²) in [4.78, 5) is 19.7. The van der Waals surface area contributed by atoms with E-state index in [1.54, 1.807) is 11.7 Å². The van der Waals surface area contributed by atoms with Gasteiger partial charge in [-0.05, 0) is 12.8 Å². The van der Waals surface area contributed by atoms with Crippen molar-refractivity contribution in [2.45, 2.75) is 25.0 Å². The van der Waals surface area contributed by atoms with E-state index in [9.17, 15) is 4.79 Å². The van der Waals surface area contributed by atoms with E-state index < -0.39 is 18.2 Å². The zero-order chi connectivity index (χ0) is 12.5. The van der Waals surface area contributed by atoms with E-state index in [1.165, 1.54) is 11.3 Å². The lowest BCUT2D eigenvalue weighted by atomic mass is 10.2. The van der Waals surface area contributed by atoms with Gasteiger partial charge in [0.15, 0.2) is 6.10 Å². The van der Waals surface area contributed by atoms with Crippen LogP contribution >= 0.6 is 11.3 Å². The third kappa shape index (κ3) is 2.00. The number of rotatable bonds is 3. The number of aromatic nitrogens is 3. The van der Waals surface area contributed by atoms with Gasteiger partial charge in [-0.25, -0.2) is 4.79 Å². The van der Waals surface area contributed by atoms with Crippen molar-refractivity contribution in [3.8, 4) is 10.7 Å². The standard InChI is InChI=1S/C10H9N3O4S/c14-10(15)6-2-1-5(16-6)9-12-8(13-17-9)7-3-11-4-18-7/h3-6H,1-2H2,(H,14,15). The van der Waals surface area contributed by atoms with Crippen molar-refractivity contribution in [1.29, 1.82) is 0 Å². The van der Waals surface area contributed by atoms with Gasteiger partial charge >= 0.3 is 5.97 Å². The largest absolute Gasteiger partial charge is 0.479 e. The number of ether oxygens (including phenoxy) is 1. The summed E-state index contributed by atoms with van der Waals surface area (Å²) in [5, 5.41) is 12.7. The number of carbonyl (C=O) groups is 1. The summed E-state index contributed by atoms with van der Waals surface area (Å²) in [6.07, 6.45) is 1.46. The first kappa shape index (κ1) is 11.3. The summed E-state index contributed by atoms with van der Waals surface area (Å²) in [6.45, 7) is 0. The van der Waals surface area contributed by atoms with Crippen LogP contribution < -0.4 is 0 Å². The highest BCUT2D eigenvalue weighted by Gasteiger charge is 2.34. The second-order valence-corrected chi connectivity index (χ2v) is 4.74. The summed E-state index contributed by atoms with van der Waals surface area (Å²) in [5.41, 5.74) is 1.68. The summed E-state index contributed by atoms with van der Waals surface area (Å²) < 4.78 is 10.4. The molecule has 0 saturated carbocycles. The second kappa shape index (κ2) is 4.46. The highest BCUT2D eigenvalue weighted by molar-refractivity contribution is 7.13. The molecular weight excluding hydrogens is 258 g/mol. The van der Waals surface area contributed by atoms with Gasteiger partial charge in [-0.1, -0.05) is 5.16 Å². The average molecular weight is 267 g/mol. The predicted molar refractivity (Wildman–Crippen MR) is 59.9 cm³/mol. The first-order valence-electron chi connectivity index (χ1n) is 5.35. The molecule has 3 heterocycles. The SMILES string of the molecule is O=C(O)C1CCC(c2nc(-c3cncs3)no2)O1. The smallest absolute Gasteiger partial charge is 0.332 e. The van der Waals surface area contributed by atoms with E-state index in [2.05, 4.69) is 15.1 Å². The minimum Gasteiger partial charge on any atom is -0.479 e. The molecule has 1 aliphatic heterocycles. The average Bonchev–Trinajstić information content (AvgIpc) is 3.10. The summed E-state index contributed by atoms with van der Waals surface area (Å²) in [5.74, 6) is -0.184. The van der Waals surface area contributed by atoms with E-state index in [1.807, 2.05) is 0 Å². The van der Waals surface area contributed by atoms with Crippen molar-refractivity contribution in [3.05, 3.63) is 17.6 Å². The van der Waals surface area contributed by atoms with Crippen molar-refractivity contribution >= 4 is 17.3 Å². The maximum atomic E-state index is 10.8. The zero-order valence-corrected chi connectivity index (χ0v) is 9.96. The van der Waals surface area contributed by atoms with Crippen molar-refractivity contribution in [2.75, 3.05) is 0 Å². The number of carboxylic acids is 1. The lowest BCUT2D eigenvalue weighted by molar-refractivity contribution is -0.150. The van der Waals surface area contributed by atoms with Gasteiger partial charge in [0.05, 0.1) is 10.4 Å². The molecule has 2 aromatic rings. The van der Waals surface area contributed by atoms with E-state index in [4.69, 9.17) is 14.4 Å². The molecule has 1 aliphatic rings. The molecule has 8 heteroatoms. The van der Waals surface area contributed by atoms with E-state index in [-0.39, 0.29) is 0 Å². The van der Waals surface area contributed by atoms with E-state index >= 15 is 0 Å². The van der Waals surface area contributed by atoms with Crippen molar-refractivity contribution < 1.29 is 19.2 Å². The normalized spacial score (nSPS) is 23.3. The Labute approximate surface area is 105 Å². The predicted octanol–water partition coefficient (Wildman–Crippen LogP) is 1.50. The minimum absolute atomic E-state index is 0.321.